The molecule has 0 bridgehead atoms. The molecule has 150 valence electrons. The van der Waals surface area contributed by atoms with E-state index in [4.69, 9.17) is 4.74 Å². The molecule has 1 saturated carbocycles. The third-order valence-corrected chi connectivity index (χ3v) is 4.83. The Bertz CT molecular complexity index is 633. The van der Waals surface area contributed by atoms with Gasteiger partial charge in [0.15, 0.2) is 5.96 Å². The molecule has 1 saturated heterocycles. The van der Waals surface area contributed by atoms with E-state index >= 15 is 0 Å². The summed E-state index contributed by atoms with van der Waals surface area (Å²) in [6, 6.07) is 4.18. The molecular weight excluding hydrogens is 457 g/mol. The van der Waals surface area contributed by atoms with E-state index in [1.165, 1.54) is 12.8 Å². The van der Waals surface area contributed by atoms with Gasteiger partial charge in [0.25, 0.3) is 0 Å². The summed E-state index contributed by atoms with van der Waals surface area (Å²) < 4.78 is 5.66. The summed E-state index contributed by atoms with van der Waals surface area (Å²) in [5.74, 6) is 2.38. The lowest BCUT2D eigenvalue weighted by Crippen LogP contribution is -2.44. The molecule has 7 nitrogen and oxygen atoms in total. The Morgan fingerprint density at radius 2 is 2.19 bits per heavy atom. The van der Waals surface area contributed by atoms with Crippen molar-refractivity contribution in [3.63, 3.8) is 0 Å². The number of nitrogens with one attached hydrogen (secondary N) is 2. The Hall–Kier alpha value is -1.58. The molecule has 27 heavy (non-hydrogen) atoms. The first-order valence-electron chi connectivity index (χ1n) is 9.50. The number of carbonyl (C=O) groups excluding carboxylic acids is 1. The normalized spacial score (nSPS) is 19.4. The van der Waals surface area contributed by atoms with E-state index in [1.54, 1.807) is 7.05 Å². The van der Waals surface area contributed by atoms with Crippen LogP contribution in [0, 0.1) is 5.92 Å². The predicted molar refractivity (Wildman–Crippen MR) is 116 cm³/mol. The van der Waals surface area contributed by atoms with Gasteiger partial charge in [-0.1, -0.05) is 13.0 Å². The molecular formula is C19H30IN5O2. The summed E-state index contributed by atoms with van der Waals surface area (Å²) in [6.07, 6.45) is 5.90. The molecule has 2 N–H and O–H groups in total. The molecule has 1 aliphatic carbocycles. The van der Waals surface area contributed by atoms with Crippen LogP contribution in [0.5, 0.6) is 5.88 Å². The van der Waals surface area contributed by atoms with Crippen molar-refractivity contribution in [1.29, 1.82) is 0 Å². The average molecular weight is 487 g/mol. The van der Waals surface area contributed by atoms with E-state index in [-0.39, 0.29) is 35.9 Å². The van der Waals surface area contributed by atoms with Gasteiger partial charge in [0.2, 0.25) is 11.8 Å². The number of amides is 1. The topological polar surface area (TPSA) is 78.9 Å². The zero-order valence-corrected chi connectivity index (χ0v) is 18.4. The number of aromatic nitrogens is 1. The highest BCUT2D eigenvalue weighted by Gasteiger charge is 2.25. The van der Waals surface area contributed by atoms with Crippen molar-refractivity contribution in [2.24, 2.45) is 10.9 Å². The number of hydrogen-bond donors (Lipinski definition) is 2. The lowest BCUT2D eigenvalue weighted by molar-refractivity contribution is -0.129. The fourth-order valence-corrected chi connectivity index (χ4v) is 2.99. The maximum atomic E-state index is 11.8. The van der Waals surface area contributed by atoms with Gasteiger partial charge in [-0.05, 0) is 30.7 Å². The van der Waals surface area contributed by atoms with E-state index in [0.29, 0.717) is 18.8 Å². The molecule has 1 aromatic rings. The van der Waals surface area contributed by atoms with Crippen LogP contribution >= 0.6 is 24.0 Å². The van der Waals surface area contributed by atoms with Gasteiger partial charge in [-0.15, -0.1) is 24.0 Å². The first-order valence-corrected chi connectivity index (χ1v) is 9.50. The Morgan fingerprint density at radius 3 is 2.81 bits per heavy atom. The molecule has 8 heteroatoms. The number of guanidine groups is 1. The van der Waals surface area contributed by atoms with Crippen LogP contribution in [-0.4, -0.2) is 54.5 Å². The summed E-state index contributed by atoms with van der Waals surface area (Å²) in [7, 11) is 1.76. The first-order chi connectivity index (χ1) is 12.7. The number of aliphatic imine (C=N–C) groups is 1. The number of likely N-dealkylation sites (tertiary alicyclic amines) is 1. The number of pyridine rings is 1. The second kappa shape index (κ2) is 10.7. The predicted octanol–water partition coefficient (Wildman–Crippen LogP) is 2.16. The minimum Gasteiger partial charge on any atom is -0.477 e. The van der Waals surface area contributed by atoms with Crippen molar-refractivity contribution < 1.29 is 9.53 Å². The number of halogens is 1. The molecule has 2 fully saturated rings. The van der Waals surface area contributed by atoms with E-state index in [2.05, 4.69) is 20.6 Å². The molecule has 1 aliphatic heterocycles. The van der Waals surface area contributed by atoms with Crippen LogP contribution in [-0.2, 0) is 11.3 Å². The van der Waals surface area contributed by atoms with Gasteiger partial charge in [0.1, 0.15) is 0 Å². The molecule has 2 heterocycles. The number of hydrogen-bond acceptors (Lipinski definition) is 4. The fraction of sp³-hybridized carbons (Fsp3) is 0.632. The van der Waals surface area contributed by atoms with Gasteiger partial charge in [-0.25, -0.2) is 4.98 Å². The van der Waals surface area contributed by atoms with Crippen LogP contribution in [0.3, 0.4) is 0 Å². The monoisotopic (exact) mass is 487 g/mol. The molecule has 1 atom stereocenters. The summed E-state index contributed by atoms with van der Waals surface area (Å²) in [5, 5.41) is 6.70. The van der Waals surface area contributed by atoms with Gasteiger partial charge in [-0.2, -0.15) is 0 Å². The van der Waals surface area contributed by atoms with Crippen molar-refractivity contribution in [2.45, 2.75) is 45.2 Å². The number of rotatable bonds is 7. The summed E-state index contributed by atoms with van der Waals surface area (Å²) in [5.41, 5.74) is 1.07. The molecule has 0 radical (unpaired) electrons. The van der Waals surface area contributed by atoms with Crippen LogP contribution in [0.1, 0.15) is 38.2 Å². The van der Waals surface area contributed by atoms with Crippen molar-refractivity contribution in [3.05, 3.63) is 23.9 Å². The number of carbonyl (C=O) groups is 1. The Morgan fingerprint density at radius 1 is 1.37 bits per heavy atom. The average Bonchev–Trinajstić information content (AvgIpc) is 3.40. The maximum absolute atomic E-state index is 11.8. The largest absolute Gasteiger partial charge is 0.477 e. The van der Waals surface area contributed by atoms with Crippen LogP contribution in [0.4, 0.5) is 0 Å². The number of ether oxygens (including phenoxy) is 1. The van der Waals surface area contributed by atoms with Crippen molar-refractivity contribution in [1.82, 2.24) is 20.5 Å². The first kappa shape index (κ1) is 21.7. The van der Waals surface area contributed by atoms with E-state index in [9.17, 15) is 4.79 Å². The lowest BCUT2D eigenvalue weighted by Gasteiger charge is -2.18. The highest BCUT2D eigenvalue weighted by atomic mass is 127. The smallest absolute Gasteiger partial charge is 0.222 e. The van der Waals surface area contributed by atoms with E-state index < -0.39 is 0 Å². The van der Waals surface area contributed by atoms with Crippen LogP contribution in [0.2, 0.25) is 0 Å². The Labute approximate surface area is 178 Å². The lowest BCUT2D eigenvalue weighted by atomic mass is 10.2. The van der Waals surface area contributed by atoms with Gasteiger partial charge in [0.05, 0.1) is 6.61 Å². The third-order valence-electron chi connectivity index (χ3n) is 4.83. The third kappa shape index (κ3) is 6.82. The van der Waals surface area contributed by atoms with Crippen molar-refractivity contribution in [3.8, 4) is 5.88 Å². The summed E-state index contributed by atoms with van der Waals surface area (Å²) in [6.45, 7) is 4.87. The van der Waals surface area contributed by atoms with Crippen molar-refractivity contribution >= 4 is 35.8 Å². The SMILES string of the molecule is CCC(=O)N1CCC(NC(=NC)NCc2ccc(OCC3CC3)nc2)C1.I. The van der Waals surface area contributed by atoms with Crippen LogP contribution in [0.25, 0.3) is 0 Å². The van der Waals surface area contributed by atoms with Gasteiger partial charge in [0, 0.05) is 51.4 Å². The van der Waals surface area contributed by atoms with E-state index in [1.807, 2.05) is 30.2 Å². The standard InChI is InChI=1S/C19H29N5O2.HI/c1-3-18(25)24-9-8-16(12-24)23-19(20-2)22-11-15-6-7-17(21-10-15)26-13-14-4-5-14;/h6-7,10,14,16H,3-5,8-9,11-13H2,1-2H3,(H2,20,22,23);1H. The Balaban J connectivity index is 0.00000261. The Kier molecular flexibility index (Phi) is 8.59. The second-order valence-corrected chi connectivity index (χ2v) is 7.01. The van der Waals surface area contributed by atoms with Gasteiger partial charge >= 0.3 is 0 Å². The molecule has 0 aromatic carbocycles. The second-order valence-electron chi connectivity index (χ2n) is 7.01. The zero-order valence-electron chi connectivity index (χ0n) is 16.1. The van der Waals surface area contributed by atoms with Crippen molar-refractivity contribution in [2.75, 3.05) is 26.7 Å². The number of nitrogens with zero attached hydrogens (tertiary/aromatic N) is 3. The van der Waals surface area contributed by atoms with Crippen LogP contribution < -0.4 is 15.4 Å². The molecule has 1 unspecified atom stereocenters. The molecule has 0 spiro atoms. The molecule has 1 amide bonds. The van der Waals surface area contributed by atoms with E-state index in [0.717, 1.165) is 43.6 Å². The highest BCUT2D eigenvalue weighted by Crippen LogP contribution is 2.29. The summed E-state index contributed by atoms with van der Waals surface area (Å²) in [4.78, 5) is 22.3. The maximum Gasteiger partial charge on any atom is 0.222 e. The molecule has 2 aliphatic rings. The minimum absolute atomic E-state index is 0. The van der Waals surface area contributed by atoms with Crippen LogP contribution in [0.15, 0.2) is 23.3 Å². The molecule has 3 rings (SSSR count). The zero-order chi connectivity index (χ0) is 18.4. The fourth-order valence-electron chi connectivity index (χ4n) is 2.99. The van der Waals surface area contributed by atoms with Gasteiger partial charge < -0.3 is 20.3 Å². The highest BCUT2D eigenvalue weighted by molar-refractivity contribution is 14.0. The molecule has 1 aromatic heterocycles. The quantitative estimate of drug-likeness (QED) is 0.350. The van der Waals surface area contributed by atoms with Gasteiger partial charge in [-0.3, -0.25) is 9.79 Å². The summed E-state index contributed by atoms with van der Waals surface area (Å²) >= 11 is 0. The minimum atomic E-state index is 0.